The van der Waals surface area contributed by atoms with Crippen molar-refractivity contribution >= 4 is 41.2 Å². The summed E-state index contributed by atoms with van der Waals surface area (Å²) in [7, 11) is 0. The highest BCUT2D eigenvalue weighted by molar-refractivity contribution is 8.01. The van der Waals surface area contributed by atoms with Crippen molar-refractivity contribution < 1.29 is 27.8 Å². The van der Waals surface area contributed by atoms with Gasteiger partial charge in [0, 0.05) is 22.9 Å². The van der Waals surface area contributed by atoms with E-state index in [0.717, 1.165) is 21.1 Å². The van der Waals surface area contributed by atoms with Crippen LogP contribution in [-0.2, 0) is 10.5 Å². The minimum Gasteiger partial charge on any atom is -0.484 e. The highest BCUT2D eigenvalue weighted by atomic mass is 32.2. The highest BCUT2D eigenvalue weighted by Gasteiger charge is 2.28. The van der Waals surface area contributed by atoms with Gasteiger partial charge in [-0.15, -0.1) is 0 Å². The number of carboxylic acid groups (broad SMARTS) is 1. The van der Waals surface area contributed by atoms with Crippen molar-refractivity contribution in [2.45, 2.75) is 96.1 Å². The number of halogens is 3. The van der Waals surface area contributed by atoms with Crippen LogP contribution in [0.25, 0.3) is 11.0 Å². The van der Waals surface area contributed by atoms with Gasteiger partial charge in [-0.25, -0.2) is 4.98 Å². The number of ether oxygens (including phenoxy) is 1. The minimum absolute atomic E-state index is 0.144. The van der Waals surface area contributed by atoms with Crippen molar-refractivity contribution in [1.82, 2.24) is 13.9 Å². The first-order valence-corrected chi connectivity index (χ1v) is 16.5. The number of imidazole rings is 1. The van der Waals surface area contributed by atoms with Crippen LogP contribution < -0.4 is 4.74 Å². The maximum atomic E-state index is 12.4. The molecule has 0 radical (unpaired) electrons. The summed E-state index contributed by atoms with van der Waals surface area (Å²) in [6.45, 7) is 13.2. The first kappa shape index (κ1) is 40.8. The van der Waals surface area contributed by atoms with E-state index in [2.05, 4.69) is 42.7 Å². The quantitative estimate of drug-likeness (QED) is 0.142. The summed E-state index contributed by atoms with van der Waals surface area (Å²) >= 11 is 3.05. The lowest BCUT2D eigenvalue weighted by atomic mass is 10.2. The fraction of sp³-hybridized carbons (Fsp3) is 0.424. The number of rotatable bonds is 9. The summed E-state index contributed by atoms with van der Waals surface area (Å²) in [5, 5.41) is 7.68. The molecule has 2 aromatic carbocycles. The van der Waals surface area contributed by atoms with Crippen molar-refractivity contribution in [2.24, 2.45) is 0 Å². The van der Waals surface area contributed by atoms with E-state index in [-0.39, 0.29) is 12.2 Å². The Morgan fingerprint density at radius 3 is 2.11 bits per heavy atom. The molecule has 4 rings (SSSR count). The van der Waals surface area contributed by atoms with Crippen molar-refractivity contribution in [3.63, 3.8) is 0 Å². The van der Waals surface area contributed by atoms with Gasteiger partial charge in [0.2, 0.25) is 0 Å². The normalized spacial score (nSPS) is 10.0. The van der Waals surface area contributed by atoms with Gasteiger partial charge in [-0.3, -0.25) is 13.8 Å². The molecule has 0 aliphatic carbocycles. The van der Waals surface area contributed by atoms with E-state index in [1.54, 1.807) is 11.9 Å². The van der Waals surface area contributed by atoms with E-state index in [1.807, 2.05) is 63.2 Å². The van der Waals surface area contributed by atoms with Gasteiger partial charge in [0.15, 0.2) is 11.8 Å². The molecule has 244 valence electrons. The van der Waals surface area contributed by atoms with Crippen LogP contribution in [0.5, 0.6) is 5.75 Å². The van der Waals surface area contributed by atoms with E-state index in [1.165, 1.54) is 61.3 Å². The molecule has 44 heavy (non-hydrogen) atoms. The van der Waals surface area contributed by atoms with Crippen molar-refractivity contribution in [2.75, 3.05) is 6.61 Å². The molecule has 0 unspecified atom stereocenters. The predicted molar refractivity (Wildman–Crippen MR) is 179 cm³/mol. The predicted octanol–water partition coefficient (Wildman–Crippen LogP) is 10.9. The Morgan fingerprint density at radius 1 is 0.932 bits per heavy atom. The smallest absolute Gasteiger partial charge is 0.422 e. The average molecular weight is 654 g/mol. The van der Waals surface area contributed by atoms with Crippen LogP contribution in [-0.4, -0.2) is 38.3 Å². The maximum absolute atomic E-state index is 12.4. The number of aromatic nitrogens is 3. The number of thioether (sulfide) groups is 1. The standard InChI is InChI=1S/C22H18F3N3OS2.2C4H10.C2H6.CH2O2/c1-15-5-4-6-18(11-15)31-28-20-8-3-2-7-19(20)27-21(28)30-13-16-12-17(9-10-26-16)29-14-22(23,24)25;2*1-3-4-2;1-2;2-1-3/h2-12H,13-14H2,1H3;2*3-4H2,1-2H3;1-2H3;1H,(H,2,3). The fourth-order valence-electron chi connectivity index (χ4n) is 2.87. The summed E-state index contributed by atoms with van der Waals surface area (Å²) in [6, 6.07) is 19.0. The van der Waals surface area contributed by atoms with Gasteiger partial charge in [-0.2, -0.15) is 13.2 Å². The molecular formula is C33H46F3N3O3S2. The highest BCUT2D eigenvalue weighted by Crippen LogP contribution is 2.34. The van der Waals surface area contributed by atoms with Crippen LogP contribution in [0.15, 0.2) is 76.9 Å². The summed E-state index contributed by atoms with van der Waals surface area (Å²) in [5.41, 5.74) is 3.65. The fourth-order valence-corrected chi connectivity index (χ4v) is 4.91. The average Bonchev–Trinajstić information content (AvgIpc) is 3.37. The molecule has 0 fully saturated rings. The molecule has 1 N–H and O–H groups in total. The third kappa shape index (κ3) is 17.2. The van der Waals surface area contributed by atoms with Crippen LogP contribution in [0, 0.1) is 6.92 Å². The van der Waals surface area contributed by atoms with Crippen LogP contribution >= 0.6 is 23.7 Å². The first-order chi connectivity index (χ1) is 21.1. The Morgan fingerprint density at radius 2 is 1.55 bits per heavy atom. The van der Waals surface area contributed by atoms with Gasteiger partial charge in [0.1, 0.15) is 5.75 Å². The second-order valence-corrected chi connectivity index (χ2v) is 10.8. The minimum atomic E-state index is -4.38. The van der Waals surface area contributed by atoms with E-state index >= 15 is 0 Å². The lowest BCUT2D eigenvalue weighted by Gasteiger charge is -2.10. The zero-order chi connectivity index (χ0) is 33.4. The van der Waals surface area contributed by atoms with Gasteiger partial charge in [-0.1, -0.05) is 103 Å². The summed E-state index contributed by atoms with van der Waals surface area (Å²) < 4.78 is 44.1. The van der Waals surface area contributed by atoms with E-state index in [9.17, 15) is 13.2 Å². The molecule has 0 spiro atoms. The molecule has 0 aliphatic heterocycles. The molecule has 0 amide bonds. The van der Waals surface area contributed by atoms with Crippen LogP contribution in [0.4, 0.5) is 13.2 Å². The van der Waals surface area contributed by atoms with E-state index in [4.69, 9.17) is 19.6 Å². The molecule has 2 aromatic heterocycles. The Kier molecular flexibility index (Phi) is 22.4. The van der Waals surface area contributed by atoms with Gasteiger partial charge in [-0.05, 0) is 54.8 Å². The van der Waals surface area contributed by atoms with Gasteiger partial charge in [0.05, 0.1) is 16.7 Å². The zero-order valence-electron chi connectivity index (χ0n) is 26.7. The number of nitrogens with zero attached hydrogens (tertiary/aromatic N) is 3. The number of hydrogen-bond donors (Lipinski definition) is 1. The third-order valence-corrected chi connectivity index (χ3v) is 7.32. The molecule has 6 nitrogen and oxygen atoms in total. The molecule has 0 aliphatic rings. The number of fused-ring (bicyclic) bond motifs is 1. The Balaban J connectivity index is 0.00000122. The molecule has 4 aromatic rings. The number of unbranched alkanes of at least 4 members (excludes halogenated alkanes) is 2. The monoisotopic (exact) mass is 653 g/mol. The van der Waals surface area contributed by atoms with Crippen LogP contribution in [0.2, 0.25) is 0 Å². The number of carbonyl (C=O) groups is 1. The summed E-state index contributed by atoms with van der Waals surface area (Å²) in [4.78, 5) is 18.4. The molecular weight excluding hydrogens is 608 g/mol. The number of pyridine rings is 1. The van der Waals surface area contributed by atoms with Gasteiger partial charge >= 0.3 is 6.18 Å². The number of aryl methyl sites for hydroxylation is 1. The lowest BCUT2D eigenvalue weighted by Crippen LogP contribution is -2.19. The second-order valence-electron chi connectivity index (χ2n) is 8.87. The first-order valence-electron chi connectivity index (χ1n) is 14.7. The second kappa shape index (κ2) is 24.2. The molecule has 0 saturated carbocycles. The van der Waals surface area contributed by atoms with Gasteiger partial charge < -0.3 is 9.84 Å². The number of para-hydroxylation sites is 2. The van der Waals surface area contributed by atoms with Gasteiger partial charge in [0.25, 0.3) is 6.47 Å². The number of hydrogen-bond acceptors (Lipinski definition) is 6. The number of alkyl halides is 3. The zero-order valence-corrected chi connectivity index (χ0v) is 28.4. The Hall–Kier alpha value is -3.18. The molecule has 0 atom stereocenters. The third-order valence-electron chi connectivity index (χ3n) is 5.22. The van der Waals surface area contributed by atoms with E-state index < -0.39 is 12.8 Å². The molecule has 2 heterocycles. The molecule has 0 saturated heterocycles. The number of benzene rings is 2. The lowest BCUT2D eigenvalue weighted by molar-refractivity contribution is -0.153. The molecule has 11 heteroatoms. The van der Waals surface area contributed by atoms with Crippen molar-refractivity contribution in [3.8, 4) is 5.75 Å². The Bertz CT molecular complexity index is 1310. The van der Waals surface area contributed by atoms with E-state index in [0.29, 0.717) is 11.4 Å². The largest absolute Gasteiger partial charge is 0.484 e. The van der Waals surface area contributed by atoms with Crippen LogP contribution in [0.3, 0.4) is 0 Å². The maximum Gasteiger partial charge on any atom is 0.422 e. The SMILES string of the molecule is CC.CCCC.CCCC.Cc1cccc(Sn2c(SCc3cc(OCC(F)(F)F)ccn3)nc3ccccc32)c1.O=CO. The summed E-state index contributed by atoms with van der Waals surface area (Å²) in [5.74, 6) is 0.589. The summed E-state index contributed by atoms with van der Waals surface area (Å²) in [6.07, 6.45) is 2.35. The van der Waals surface area contributed by atoms with Crippen molar-refractivity contribution in [1.29, 1.82) is 0 Å². The van der Waals surface area contributed by atoms with Crippen molar-refractivity contribution in [3.05, 3.63) is 78.1 Å². The topological polar surface area (TPSA) is 77.2 Å². The molecule has 0 bridgehead atoms. The Labute approximate surface area is 269 Å². The van der Waals surface area contributed by atoms with Crippen LogP contribution in [0.1, 0.15) is 78.5 Å².